The number of aryl methyl sites for hydroxylation is 1. The monoisotopic (exact) mass is 223 g/mol. The quantitative estimate of drug-likeness (QED) is 0.719. The van der Waals surface area contributed by atoms with Crippen molar-refractivity contribution in [1.29, 1.82) is 5.26 Å². The van der Waals surface area contributed by atoms with Crippen molar-refractivity contribution in [2.75, 3.05) is 0 Å². The number of pyridine rings is 1. The van der Waals surface area contributed by atoms with E-state index in [2.05, 4.69) is 42.8 Å². The Balaban J connectivity index is 2.26. The van der Waals surface area contributed by atoms with E-state index in [-0.39, 0.29) is 0 Å². The van der Waals surface area contributed by atoms with E-state index < -0.39 is 0 Å². The summed E-state index contributed by atoms with van der Waals surface area (Å²) in [6, 6.07) is 14.0. The predicted molar refractivity (Wildman–Crippen MR) is 66.4 cm³/mol. The van der Waals surface area contributed by atoms with E-state index in [1.807, 2.05) is 24.3 Å². The molecule has 2 nitrogen and oxygen atoms in total. The molecule has 0 bridgehead atoms. The summed E-state index contributed by atoms with van der Waals surface area (Å²) in [4.78, 5) is 0. The highest BCUT2D eigenvalue weighted by Gasteiger charge is 2.08. The predicted octanol–water partition coefficient (Wildman–Crippen LogP) is 2.51. The molecule has 0 aliphatic rings. The Kier molecular flexibility index (Phi) is 3.20. The van der Waals surface area contributed by atoms with Crippen molar-refractivity contribution in [2.45, 2.75) is 20.4 Å². The first-order valence-electron chi connectivity index (χ1n) is 5.65. The van der Waals surface area contributed by atoms with Crippen LogP contribution in [-0.4, -0.2) is 0 Å². The van der Waals surface area contributed by atoms with E-state index in [1.165, 1.54) is 16.8 Å². The van der Waals surface area contributed by atoms with Gasteiger partial charge >= 0.3 is 0 Å². The van der Waals surface area contributed by atoms with Crippen LogP contribution in [0.2, 0.25) is 0 Å². The fourth-order valence-corrected chi connectivity index (χ4v) is 1.80. The highest BCUT2D eigenvalue weighted by Crippen LogP contribution is 2.05. The highest BCUT2D eigenvalue weighted by atomic mass is 14.9. The van der Waals surface area contributed by atoms with Crippen molar-refractivity contribution in [3.8, 4) is 6.07 Å². The molecule has 1 heterocycles. The van der Waals surface area contributed by atoms with Crippen LogP contribution < -0.4 is 4.57 Å². The molecule has 0 N–H and O–H groups in total. The topological polar surface area (TPSA) is 27.7 Å². The number of rotatable bonds is 2. The third-order valence-corrected chi connectivity index (χ3v) is 3.05. The summed E-state index contributed by atoms with van der Waals surface area (Å²) in [6.45, 7) is 5.09. The summed E-state index contributed by atoms with van der Waals surface area (Å²) in [6.07, 6.45) is 2.08. The summed E-state index contributed by atoms with van der Waals surface area (Å²) in [7, 11) is 0. The first kappa shape index (κ1) is 11.3. The van der Waals surface area contributed by atoms with Crippen molar-refractivity contribution in [2.24, 2.45) is 0 Å². The van der Waals surface area contributed by atoms with Crippen molar-refractivity contribution < 1.29 is 4.57 Å². The molecule has 0 saturated heterocycles. The van der Waals surface area contributed by atoms with Gasteiger partial charge in [0.1, 0.15) is 0 Å². The molecule has 2 heteroatoms. The molecule has 1 aromatic heterocycles. The number of nitriles is 1. The Labute approximate surface area is 102 Å². The van der Waals surface area contributed by atoms with Crippen LogP contribution in [0.5, 0.6) is 0 Å². The number of hydrogen-bond donors (Lipinski definition) is 0. The lowest BCUT2D eigenvalue weighted by atomic mass is 10.1. The van der Waals surface area contributed by atoms with E-state index in [1.54, 1.807) is 0 Å². The first-order chi connectivity index (χ1) is 8.20. The van der Waals surface area contributed by atoms with Gasteiger partial charge in [0.2, 0.25) is 0 Å². The summed E-state index contributed by atoms with van der Waals surface area (Å²) in [5.74, 6) is 0. The molecule has 84 valence electrons. The van der Waals surface area contributed by atoms with Crippen molar-refractivity contribution in [3.05, 3.63) is 65.0 Å². The minimum atomic E-state index is 0.708. The van der Waals surface area contributed by atoms with Crippen LogP contribution in [0, 0.1) is 25.2 Å². The smallest absolute Gasteiger partial charge is 0.181 e. The Morgan fingerprint density at radius 2 is 1.82 bits per heavy atom. The average molecular weight is 223 g/mol. The Morgan fingerprint density at radius 3 is 2.47 bits per heavy atom. The van der Waals surface area contributed by atoms with Crippen molar-refractivity contribution in [1.82, 2.24) is 0 Å². The Morgan fingerprint density at radius 1 is 1.12 bits per heavy atom. The second kappa shape index (κ2) is 4.80. The molecule has 17 heavy (non-hydrogen) atoms. The minimum Gasteiger partial charge on any atom is -0.198 e. The molecule has 0 spiro atoms. The maximum absolute atomic E-state index is 8.74. The molecule has 0 unspecified atom stereocenters. The largest absolute Gasteiger partial charge is 0.198 e. The maximum Gasteiger partial charge on any atom is 0.181 e. The van der Waals surface area contributed by atoms with E-state index in [0.717, 1.165) is 6.54 Å². The Hall–Kier alpha value is -2.14. The van der Waals surface area contributed by atoms with Gasteiger partial charge in [-0.15, -0.1) is 0 Å². The van der Waals surface area contributed by atoms with Crippen LogP contribution in [0.4, 0.5) is 0 Å². The third kappa shape index (κ3) is 2.51. The summed E-state index contributed by atoms with van der Waals surface area (Å²) in [5.41, 5.74) is 4.49. The van der Waals surface area contributed by atoms with Gasteiger partial charge in [0.05, 0.1) is 11.6 Å². The molecular weight excluding hydrogens is 208 g/mol. The molecule has 0 radical (unpaired) electrons. The molecule has 0 aliphatic carbocycles. The zero-order chi connectivity index (χ0) is 12.3. The van der Waals surface area contributed by atoms with Gasteiger partial charge in [0.25, 0.3) is 0 Å². The van der Waals surface area contributed by atoms with Gasteiger partial charge in [0, 0.05) is 24.1 Å². The standard InChI is InChI=1S/C15H15N2/c1-12-4-3-9-17(13(12)2)11-15-7-5-14(10-16)6-8-15/h3-9H,11H2,1-2H3/q+1. The fourth-order valence-electron chi connectivity index (χ4n) is 1.80. The van der Waals surface area contributed by atoms with Crippen molar-refractivity contribution >= 4 is 0 Å². The number of benzene rings is 1. The number of nitrogens with zero attached hydrogens (tertiary/aromatic N) is 2. The van der Waals surface area contributed by atoms with Crippen LogP contribution >= 0.6 is 0 Å². The number of hydrogen-bond acceptors (Lipinski definition) is 1. The second-order valence-electron chi connectivity index (χ2n) is 4.21. The summed E-state index contributed by atoms with van der Waals surface area (Å²) < 4.78 is 2.22. The van der Waals surface area contributed by atoms with Gasteiger partial charge in [-0.25, -0.2) is 0 Å². The molecule has 1 aromatic carbocycles. The van der Waals surface area contributed by atoms with Crippen LogP contribution in [0.3, 0.4) is 0 Å². The molecule has 0 atom stereocenters. The van der Waals surface area contributed by atoms with Crippen LogP contribution in [0.1, 0.15) is 22.4 Å². The van der Waals surface area contributed by atoms with Crippen LogP contribution in [-0.2, 0) is 6.54 Å². The lowest BCUT2D eigenvalue weighted by Crippen LogP contribution is -2.37. The van der Waals surface area contributed by atoms with Gasteiger partial charge < -0.3 is 0 Å². The Bertz CT molecular complexity index is 562. The molecular formula is C15H15N2+. The molecule has 0 aliphatic heterocycles. The fraction of sp³-hybridized carbons (Fsp3) is 0.200. The first-order valence-corrected chi connectivity index (χ1v) is 5.65. The van der Waals surface area contributed by atoms with Crippen LogP contribution in [0.15, 0.2) is 42.6 Å². The van der Waals surface area contributed by atoms with E-state index in [9.17, 15) is 0 Å². The average Bonchev–Trinajstić information content (AvgIpc) is 2.36. The minimum absolute atomic E-state index is 0.708. The van der Waals surface area contributed by atoms with Gasteiger partial charge in [-0.1, -0.05) is 12.1 Å². The van der Waals surface area contributed by atoms with Gasteiger partial charge in [-0.3, -0.25) is 0 Å². The molecule has 0 fully saturated rings. The van der Waals surface area contributed by atoms with Crippen LogP contribution in [0.25, 0.3) is 0 Å². The number of aromatic nitrogens is 1. The van der Waals surface area contributed by atoms with Gasteiger partial charge in [-0.05, 0) is 25.1 Å². The van der Waals surface area contributed by atoms with Crippen molar-refractivity contribution in [3.63, 3.8) is 0 Å². The molecule has 0 amide bonds. The maximum atomic E-state index is 8.74. The van der Waals surface area contributed by atoms with E-state index >= 15 is 0 Å². The zero-order valence-corrected chi connectivity index (χ0v) is 10.1. The summed E-state index contributed by atoms with van der Waals surface area (Å²) >= 11 is 0. The van der Waals surface area contributed by atoms with E-state index in [4.69, 9.17) is 5.26 Å². The SMILES string of the molecule is Cc1ccc[n+](Cc2ccc(C#N)cc2)c1C. The zero-order valence-electron chi connectivity index (χ0n) is 10.1. The second-order valence-corrected chi connectivity index (χ2v) is 4.21. The lowest BCUT2D eigenvalue weighted by molar-refractivity contribution is -0.694. The molecule has 2 rings (SSSR count). The van der Waals surface area contributed by atoms with Gasteiger partial charge in [-0.2, -0.15) is 9.83 Å². The summed E-state index contributed by atoms with van der Waals surface area (Å²) in [5, 5.41) is 8.74. The molecule has 2 aromatic rings. The molecule has 0 saturated carbocycles. The third-order valence-electron chi connectivity index (χ3n) is 3.05. The van der Waals surface area contributed by atoms with E-state index in [0.29, 0.717) is 5.56 Å². The van der Waals surface area contributed by atoms with Gasteiger partial charge in [0.15, 0.2) is 18.4 Å². The lowest BCUT2D eigenvalue weighted by Gasteiger charge is -2.03. The highest BCUT2D eigenvalue weighted by molar-refractivity contribution is 5.31. The normalized spacial score (nSPS) is 9.94.